The van der Waals surface area contributed by atoms with Gasteiger partial charge in [-0.15, -0.1) is 0 Å². The molecule has 0 amide bonds. The molecule has 196 valence electrons. The molecule has 0 saturated carbocycles. The van der Waals surface area contributed by atoms with Crippen molar-refractivity contribution in [2.45, 2.75) is 67.3 Å². The zero-order valence-corrected chi connectivity index (χ0v) is 28.1. The monoisotopic (exact) mass is 626 g/mol. The van der Waals surface area contributed by atoms with Gasteiger partial charge in [0, 0.05) is 0 Å². The van der Waals surface area contributed by atoms with E-state index in [0.717, 1.165) is 6.42 Å². The van der Waals surface area contributed by atoms with Crippen LogP contribution in [0.15, 0.2) is 121 Å². The van der Waals surface area contributed by atoms with Gasteiger partial charge in [0.15, 0.2) is 0 Å². The van der Waals surface area contributed by atoms with Crippen molar-refractivity contribution in [3.63, 3.8) is 0 Å². The van der Waals surface area contributed by atoms with Crippen LogP contribution >= 0.6 is 0 Å². The Labute approximate surface area is 234 Å². The van der Waals surface area contributed by atoms with Crippen molar-refractivity contribution in [3.05, 3.63) is 132 Å². The molecule has 0 radical (unpaired) electrons. The molecule has 0 aliphatic carbocycles. The van der Waals surface area contributed by atoms with Gasteiger partial charge in [-0.1, -0.05) is 0 Å². The van der Waals surface area contributed by atoms with Crippen LogP contribution in [-0.2, 0) is 9.36 Å². The summed E-state index contributed by atoms with van der Waals surface area (Å²) >= 11 is -6.60. The predicted molar refractivity (Wildman–Crippen MR) is 167 cm³/mol. The van der Waals surface area contributed by atoms with Gasteiger partial charge in [-0.25, -0.2) is 0 Å². The fourth-order valence-corrected chi connectivity index (χ4v) is 77.2. The van der Waals surface area contributed by atoms with E-state index in [-0.39, 0.29) is 8.49 Å². The molecule has 1 aliphatic rings. The van der Waals surface area contributed by atoms with Crippen molar-refractivity contribution in [1.29, 1.82) is 0 Å². The molecule has 1 heterocycles. The summed E-state index contributed by atoms with van der Waals surface area (Å²) < 4.78 is 11.7. The Morgan fingerprint density at radius 2 is 0.868 bits per heavy atom. The molecule has 0 atom stereocenters. The third-order valence-corrected chi connectivity index (χ3v) is 70.3. The van der Waals surface area contributed by atoms with Gasteiger partial charge < -0.3 is 0 Å². The minimum absolute atomic E-state index is 0.198. The quantitative estimate of drug-likeness (QED) is 0.208. The van der Waals surface area contributed by atoms with Crippen LogP contribution in [-0.4, -0.2) is 22.9 Å². The number of hydrogen-bond donors (Lipinski definition) is 0. The first-order valence-corrected chi connectivity index (χ1v) is 27.0. The Hall–Kier alpha value is -2.07. The number of rotatable bonds is 4. The van der Waals surface area contributed by atoms with Gasteiger partial charge in [-0.05, 0) is 0 Å². The molecule has 0 spiro atoms. The van der Waals surface area contributed by atoms with Gasteiger partial charge in [-0.3, -0.25) is 0 Å². The SMILES string of the molecule is C[C](C)(C)[Ge]1([C](C)(C)C)[CH2]CC(c2ccccc2)(c2ccccc2)[O][Ge]1([c]1ccccc1)[c]1ccccc1. The molecule has 1 fully saturated rings. The van der Waals surface area contributed by atoms with Gasteiger partial charge in [0.2, 0.25) is 0 Å². The summed E-state index contributed by atoms with van der Waals surface area (Å²) in [5.74, 6) is 0. The second-order valence-corrected chi connectivity index (χ2v) is 46.8. The van der Waals surface area contributed by atoms with Crippen LogP contribution in [0.5, 0.6) is 0 Å². The molecule has 38 heavy (non-hydrogen) atoms. The molecule has 0 aromatic heterocycles. The second-order valence-electron chi connectivity index (χ2n) is 13.0. The van der Waals surface area contributed by atoms with Crippen LogP contribution in [0.25, 0.3) is 0 Å². The first-order chi connectivity index (χ1) is 18.1. The molecule has 0 unspecified atom stereocenters. The van der Waals surface area contributed by atoms with Crippen molar-refractivity contribution >= 4 is 31.7 Å². The number of hydrogen-bond acceptors (Lipinski definition) is 1. The van der Waals surface area contributed by atoms with Crippen molar-refractivity contribution < 1.29 is 3.76 Å². The van der Waals surface area contributed by atoms with Crippen LogP contribution in [0, 0.1) is 0 Å². The molecule has 4 aromatic rings. The first kappa shape index (κ1) is 27.5. The molecular weight excluding hydrogens is 582 g/mol. The van der Waals surface area contributed by atoms with E-state index in [1.165, 1.54) is 25.2 Å². The fourth-order valence-electron chi connectivity index (χ4n) is 7.98. The molecular formula is C35H42Ge2O. The van der Waals surface area contributed by atoms with E-state index < -0.39 is 28.5 Å². The summed E-state index contributed by atoms with van der Waals surface area (Å²) in [6.07, 6.45) is 1.03. The summed E-state index contributed by atoms with van der Waals surface area (Å²) in [7, 11) is 0. The molecule has 4 aromatic carbocycles. The van der Waals surface area contributed by atoms with E-state index in [1.807, 2.05) is 0 Å². The Bertz CT molecular complexity index is 1240. The van der Waals surface area contributed by atoms with E-state index in [9.17, 15) is 0 Å². The maximum atomic E-state index is 8.35. The summed E-state index contributed by atoms with van der Waals surface area (Å²) in [5.41, 5.74) is 2.10. The fraction of sp³-hybridized carbons (Fsp3) is 0.314. The van der Waals surface area contributed by atoms with Crippen molar-refractivity contribution in [3.8, 4) is 0 Å². The van der Waals surface area contributed by atoms with Crippen molar-refractivity contribution in [2.75, 3.05) is 0 Å². The molecule has 3 heteroatoms. The average molecular weight is 624 g/mol. The standard InChI is InChI=1S/C35H42Ge2O/c1-33(2,3)36(34(4,5)6)28-27-35(29-19-11-7-12-20-29,30-21-13-8-14-22-30)38-37(36,31-23-15-9-16-24-31)32-25-17-10-18-26-32/h7-26H,27-28H2,1-6H3. The average Bonchev–Trinajstić information content (AvgIpc) is 2.93. The number of benzene rings is 4. The zero-order valence-electron chi connectivity index (χ0n) is 23.9. The normalized spacial score (nSPS) is 18.6. The Morgan fingerprint density at radius 1 is 0.526 bits per heavy atom. The third-order valence-electron chi connectivity index (χ3n) is 9.18. The van der Waals surface area contributed by atoms with E-state index >= 15 is 0 Å². The summed E-state index contributed by atoms with van der Waals surface area (Å²) in [6.45, 7) is 15.3. The summed E-state index contributed by atoms with van der Waals surface area (Å²) in [6, 6.07) is 45.1. The molecule has 0 N–H and O–H groups in total. The molecule has 1 aliphatic heterocycles. The van der Waals surface area contributed by atoms with Crippen LogP contribution < -0.4 is 8.79 Å². The van der Waals surface area contributed by atoms with Gasteiger partial charge in [0.1, 0.15) is 0 Å². The van der Waals surface area contributed by atoms with Crippen LogP contribution in [0.2, 0.25) is 13.7 Å². The predicted octanol–water partition coefficient (Wildman–Crippen LogP) is 8.24. The molecule has 1 nitrogen and oxygen atoms in total. The molecule has 0 bridgehead atoms. The minimum atomic E-state index is -3.59. The van der Waals surface area contributed by atoms with Crippen molar-refractivity contribution in [1.82, 2.24) is 0 Å². The van der Waals surface area contributed by atoms with Gasteiger partial charge >= 0.3 is 235 Å². The third kappa shape index (κ3) is 4.17. The molecule has 5 rings (SSSR count). The van der Waals surface area contributed by atoms with E-state index in [1.54, 1.807) is 0 Å². The van der Waals surface area contributed by atoms with E-state index in [0.29, 0.717) is 0 Å². The second kappa shape index (κ2) is 10.2. The first-order valence-electron chi connectivity index (χ1n) is 14.0. The molecule has 1 saturated heterocycles. The van der Waals surface area contributed by atoms with Crippen LogP contribution in [0.3, 0.4) is 0 Å². The Balaban J connectivity index is 1.95. The Morgan fingerprint density at radius 3 is 1.21 bits per heavy atom. The van der Waals surface area contributed by atoms with Gasteiger partial charge in [-0.2, -0.15) is 0 Å². The van der Waals surface area contributed by atoms with E-state index in [2.05, 4.69) is 163 Å². The van der Waals surface area contributed by atoms with Gasteiger partial charge in [0.05, 0.1) is 0 Å². The van der Waals surface area contributed by atoms with Gasteiger partial charge in [0.25, 0.3) is 0 Å². The topological polar surface area (TPSA) is 9.23 Å². The summed E-state index contributed by atoms with van der Waals surface area (Å²) in [4.78, 5) is 0. The summed E-state index contributed by atoms with van der Waals surface area (Å²) in [5, 5.41) is 1.28. The Kier molecular flexibility index (Phi) is 7.34. The van der Waals surface area contributed by atoms with Crippen molar-refractivity contribution in [2.24, 2.45) is 0 Å². The zero-order chi connectivity index (χ0) is 27.1. The van der Waals surface area contributed by atoms with Crippen LogP contribution in [0.1, 0.15) is 59.1 Å². The van der Waals surface area contributed by atoms with E-state index in [4.69, 9.17) is 3.76 Å². The maximum absolute atomic E-state index is 8.35. The van der Waals surface area contributed by atoms with Crippen LogP contribution in [0.4, 0.5) is 0 Å².